The zero-order valence-electron chi connectivity index (χ0n) is 15.0. The van der Waals surface area contributed by atoms with Gasteiger partial charge in [-0.05, 0) is 44.4 Å². The maximum Gasteiger partial charge on any atom is 0.340 e. The van der Waals surface area contributed by atoms with Crippen LogP contribution in [0, 0.1) is 0 Å². The summed E-state index contributed by atoms with van der Waals surface area (Å²) in [5, 5.41) is 6.19. The Hall–Kier alpha value is -1.93. The first kappa shape index (κ1) is 17.5. The predicted octanol–water partition coefficient (Wildman–Crippen LogP) is 2.51. The standard InChI is InChI=1S/C18H25N5O2S/c1-22(11-16-19-18(25)21-20-16)17(24)15-9-8-14(26-15)13-7-4-10-23(13)12-5-2-3-6-12/h8-9,12-13H,2-7,10-11H2,1H3,(H2,19,20,21,25)/t13-/m0/s1. The Bertz CT molecular complexity index is 819. The van der Waals surface area contributed by atoms with E-state index in [1.807, 2.05) is 6.07 Å². The highest BCUT2D eigenvalue weighted by Crippen LogP contribution is 2.40. The molecule has 1 atom stereocenters. The molecule has 2 fully saturated rings. The van der Waals surface area contributed by atoms with Crippen LogP contribution in [0.3, 0.4) is 0 Å². The second-order valence-electron chi connectivity index (χ2n) is 7.32. The minimum absolute atomic E-state index is 0.0319. The van der Waals surface area contributed by atoms with Crippen LogP contribution in [0.4, 0.5) is 0 Å². The van der Waals surface area contributed by atoms with Crippen molar-refractivity contribution in [1.29, 1.82) is 0 Å². The molecule has 4 rings (SSSR count). The molecule has 3 heterocycles. The Balaban J connectivity index is 1.44. The highest BCUT2D eigenvalue weighted by Gasteiger charge is 2.34. The highest BCUT2D eigenvalue weighted by molar-refractivity contribution is 7.14. The number of aromatic nitrogens is 3. The van der Waals surface area contributed by atoms with E-state index in [1.54, 1.807) is 23.3 Å². The number of H-pyrrole nitrogens is 2. The van der Waals surface area contributed by atoms with E-state index < -0.39 is 0 Å². The van der Waals surface area contributed by atoms with Crippen molar-refractivity contribution in [1.82, 2.24) is 25.0 Å². The summed E-state index contributed by atoms with van der Waals surface area (Å²) in [6.45, 7) is 1.46. The van der Waals surface area contributed by atoms with Crippen molar-refractivity contribution in [3.63, 3.8) is 0 Å². The fourth-order valence-corrected chi connectivity index (χ4v) is 5.44. The lowest BCUT2D eigenvalue weighted by atomic mass is 10.1. The molecule has 1 saturated heterocycles. The average molecular weight is 375 g/mol. The second-order valence-corrected chi connectivity index (χ2v) is 8.44. The quantitative estimate of drug-likeness (QED) is 0.841. The lowest BCUT2D eigenvalue weighted by Crippen LogP contribution is -2.32. The fourth-order valence-electron chi connectivity index (χ4n) is 4.28. The number of carbonyl (C=O) groups is 1. The van der Waals surface area contributed by atoms with E-state index >= 15 is 0 Å². The van der Waals surface area contributed by atoms with Crippen molar-refractivity contribution in [3.05, 3.63) is 38.2 Å². The zero-order valence-corrected chi connectivity index (χ0v) is 15.8. The molecule has 0 radical (unpaired) electrons. The molecule has 8 heteroatoms. The molecule has 0 aromatic carbocycles. The molecule has 0 spiro atoms. The number of nitrogens with one attached hydrogen (secondary N) is 2. The molecular weight excluding hydrogens is 350 g/mol. The van der Waals surface area contributed by atoms with Crippen molar-refractivity contribution in [2.24, 2.45) is 0 Å². The molecule has 140 valence electrons. The van der Waals surface area contributed by atoms with Gasteiger partial charge in [0.2, 0.25) is 0 Å². The van der Waals surface area contributed by atoms with Crippen LogP contribution in [0.1, 0.15) is 64.9 Å². The van der Waals surface area contributed by atoms with Crippen LogP contribution in [0.5, 0.6) is 0 Å². The smallest absolute Gasteiger partial charge is 0.333 e. The third-order valence-corrected chi connectivity index (χ3v) is 6.71. The number of thiophene rings is 1. The SMILES string of the molecule is CN(Cc1n[nH]c(=O)[nH]1)C(=O)c1ccc([C@@H]2CCCN2C2CCCC2)s1. The minimum atomic E-state index is -0.354. The first-order valence-corrected chi connectivity index (χ1v) is 10.2. The Labute approximate surface area is 156 Å². The Kier molecular flexibility index (Phi) is 4.95. The van der Waals surface area contributed by atoms with Gasteiger partial charge in [0.1, 0.15) is 0 Å². The van der Waals surface area contributed by atoms with Crippen LogP contribution in [0.2, 0.25) is 0 Å². The number of carbonyl (C=O) groups excluding carboxylic acids is 1. The zero-order chi connectivity index (χ0) is 18.1. The molecule has 1 aliphatic heterocycles. The van der Waals surface area contributed by atoms with Gasteiger partial charge >= 0.3 is 5.69 Å². The number of hydrogen-bond acceptors (Lipinski definition) is 5. The summed E-state index contributed by atoms with van der Waals surface area (Å²) in [6, 6.07) is 5.26. The van der Waals surface area contributed by atoms with Crippen molar-refractivity contribution in [3.8, 4) is 0 Å². The molecule has 2 aromatic heterocycles. The van der Waals surface area contributed by atoms with Gasteiger partial charge in [-0.15, -0.1) is 11.3 Å². The van der Waals surface area contributed by atoms with Gasteiger partial charge in [-0.25, -0.2) is 9.89 Å². The van der Waals surface area contributed by atoms with Gasteiger partial charge in [0, 0.05) is 24.0 Å². The van der Waals surface area contributed by atoms with E-state index in [1.165, 1.54) is 49.9 Å². The normalized spacial score (nSPS) is 21.5. The van der Waals surface area contributed by atoms with Crippen LogP contribution in [-0.2, 0) is 6.54 Å². The van der Waals surface area contributed by atoms with Gasteiger partial charge in [-0.3, -0.25) is 14.7 Å². The fraction of sp³-hybridized carbons (Fsp3) is 0.611. The van der Waals surface area contributed by atoms with Crippen molar-refractivity contribution >= 4 is 17.2 Å². The number of likely N-dealkylation sites (tertiary alicyclic amines) is 1. The molecule has 1 saturated carbocycles. The molecule has 2 aromatic rings. The van der Waals surface area contributed by atoms with Gasteiger partial charge in [-0.2, -0.15) is 5.10 Å². The summed E-state index contributed by atoms with van der Waals surface area (Å²) in [5.41, 5.74) is -0.354. The maximum absolute atomic E-state index is 12.7. The number of aromatic amines is 2. The summed E-state index contributed by atoms with van der Waals surface area (Å²) in [5.74, 6) is 0.432. The molecule has 2 aliphatic rings. The largest absolute Gasteiger partial charge is 0.340 e. The Morgan fingerprint density at radius 3 is 2.85 bits per heavy atom. The van der Waals surface area contributed by atoms with Crippen molar-refractivity contribution < 1.29 is 4.79 Å². The van der Waals surface area contributed by atoms with E-state index in [-0.39, 0.29) is 18.1 Å². The number of nitrogens with zero attached hydrogens (tertiary/aromatic N) is 3. The second kappa shape index (κ2) is 7.36. The lowest BCUT2D eigenvalue weighted by molar-refractivity contribution is 0.0786. The monoisotopic (exact) mass is 375 g/mol. The molecule has 0 bridgehead atoms. The van der Waals surface area contributed by atoms with Crippen LogP contribution >= 0.6 is 11.3 Å². The Morgan fingerprint density at radius 2 is 2.12 bits per heavy atom. The predicted molar refractivity (Wildman–Crippen MR) is 100 cm³/mol. The number of hydrogen-bond donors (Lipinski definition) is 2. The lowest BCUT2D eigenvalue weighted by Gasteiger charge is -2.29. The molecule has 0 unspecified atom stereocenters. The molecular formula is C18H25N5O2S. The van der Waals surface area contributed by atoms with Crippen LogP contribution in [-0.4, -0.2) is 50.5 Å². The Morgan fingerprint density at radius 1 is 1.31 bits per heavy atom. The molecule has 2 N–H and O–H groups in total. The average Bonchev–Trinajstić information content (AvgIpc) is 3.39. The van der Waals surface area contributed by atoms with Crippen LogP contribution in [0.25, 0.3) is 0 Å². The summed E-state index contributed by atoms with van der Waals surface area (Å²) >= 11 is 1.61. The molecule has 1 amide bonds. The summed E-state index contributed by atoms with van der Waals surface area (Å²) in [6.07, 6.45) is 7.77. The van der Waals surface area contributed by atoms with Crippen molar-refractivity contribution in [2.45, 2.75) is 57.2 Å². The van der Waals surface area contributed by atoms with Crippen molar-refractivity contribution in [2.75, 3.05) is 13.6 Å². The molecule has 1 aliphatic carbocycles. The van der Waals surface area contributed by atoms with Gasteiger partial charge in [0.25, 0.3) is 5.91 Å². The molecule has 26 heavy (non-hydrogen) atoms. The first-order valence-electron chi connectivity index (χ1n) is 9.36. The number of rotatable bonds is 5. The summed E-state index contributed by atoms with van der Waals surface area (Å²) < 4.78 is 0. The van der Waals surface area contributed by atoms with Gasteiger partial charge < -0.3 is 4.90 Å². The third kappa shape index (κ3) is 3.48. The topological polar surface area (TPSA) is 85.1 Å². The van der Waals surface area contributed by atoms with E-state index in [0.717, 1.165) is 10.9 Å². The van der Waals surface area contributed by atoms with Crippen LogP contribution in [0.15, 0.2) is 16.9 Å². The highest BCUT2D eigenvalue weighted by atomic mass is 32.1. The van der Waals surface area contributed by atoms with E-state index in [2.05, 4.69) is 26.1 Å². The van der Waals surface area contributed by atoms with Gasteiger partial charge in [-0.1, -0.05) is 12.8 Å². The summed E-state index contributed by atoms with van der Waals surface area (Å²) in [4.78, 5) is 32.7. The van der Waals surface area contributed by atoms with E-state index in [9.17, 15) is 9.59 Å². The van der Waals surface area contributed by atoms with Gasteiger partial charge in [0.05, 0.1) is 11.4 Å². The first-order chi connectivity index (χ1) is 12.6. The summed E-state index contributed by atoms with van der Waals surface area (Å²) in [7, 11) is 1.73. The van der Waals surface area contributed by atoms with E-state index in [4.69, 9.17) is 0 Å². The number of amides is 1. The molecule has 7 nitrogen and oxygen atoms in total. The van der Waals surface area contributed by atoms with Gasteiger partial charge in [0.15, 0.2) is 5.82 Å². The van der Waals surface area contributed by atoms with Crippen LogP contribution < -0.4 is 5.69 Å². The van der Waals surface area contributed by atoms with E-state index in [0.29, 0.717) is 11.9 Å². The minimum Gasteiger partial charge on any atom is -0.333 e. The maximum atomic E-state index is 12.7. The third-order valence-electron chi connectivity index (χ3n) is 5.54.